The molecule has 2 heterocycles. The SMILES string of the molecule is N#Cc1ccccc1COc1ccc(Br)cc1[C@H]1CC(=O)Nc2ncnn21. The van der Waals surface area contributed by atoms with Gasteiger partial charge in [0.2, 0.25) is 11.9 Å². The maximum absolute atomic E-state index is 12.1. The van der Waals surface area contributed by atoms with Crippen LogP contribution in [0.3, 0.4) is 0 Å². The summed E-state index contributed by atoms with van der Waals surface area (Å²) >= 11 is 3.48. The van der Waals surface area contributed by atoms with Gasteiger partial charge in [-0.15, -0.1) is 0 Å². The van der Waals surface area contributed by atoms with Crippen LogP contribution >= 0.6 is 15.9 Å². The molecule has 4 rings (SSSR count). The minimum absolute atomic E-state index is 0.124. The molecule has 0 saturated carbocycles. The number of rotatable bonds is 4. The minimum Gasteiger partial charge on any atom is -0.488 e. The highest BCUT2D eigenvalue weighted by atomic mass is 79.9. The summed E-state index contributed by atoms with van der Waals surface area (Å²) in [7, 11) is 0. The molecule has 1 aliphatic rings. The zero-order valence-electron chi connectivity index (χ0n) is 14.1. The largest absolute Gasteiger partial charge is 0.488 e. The second kappa shape index (κ2) is 7.21. The monoisotopic (exact) mass is 423 g/mol. The molecule has 1 amide bonds. The zero-order valence-corrected chi connectivity index (χ0v) is 15.7. The number of nitrogens with zero attached hydrogens (tertiary/aromatic N) is 4. The third-order valence-electron chi connectivity index (χ3n) is 4.35. The smallest absolute Gasteiger partial charge is 0.229 e. The van der Waals surface area contributed by atoms with E-state index in [-0.39, 0.29) is 25.0 Å². The Balaban J connectivity index is 1.68. The van der Waals surface area contributed by atoms with Crippen LogP contribution in [0.4, 0.5) is 5.95 Å². The summed E-state index contributed by atoms with van der Waals surface area (Å²) in [5.41, 5.74) is 2.20. The van der Waals surface area contributed by atoms with Crippen molar-refractivity contribution in [1.29, 1.82) is 5.26 Å². The van der Waals surface area contributed by atoms with E-state index in [2.05, 4.69) is 37.4 Å². The fourth-order valence-electron chi connectivity index (χ4n) is 3.07. The zero-order chi connectivity index (χ0) is 18.8. The average molecular weight is 424 g/mol. The molecule has 2 aromatic carbocycles. The fourth-order valence-corrected chi connectivity index (χ4v) is 3.45. The molecular formula is C19H14BrN5O2. The van der Waals surface area contributed by atoms with E-state index in [0.29, 0.717) is 17.3 Å². The first-order valence-electron chi connectivity index (χ1n) is 8.25. The van der Waals surface area contributed by atoms with Crippen LogP contribution in [0.2, 0.25) is 0 Å². The first-order valence-corrected chi connectivity index (χ1v) is 9.04. The normalized spacial score (nSPS) is 15.6. The minimum atomic E-state index is -0.324. The van der Waals surface area contributed by atoms with E-state index >= 15 is 0 Å². The molecule has 8 heteroatoms. The Labute approximate surface area is 163 Å². The molecule has 0 radical (unpaired) electrons. The second-order valence-corrected chi connectivity index (χ2v) is 6.95. The lowest BCUT2D eigenvalue weighted by molar-refractivity contribution is -0.117. The van der Waals surface area contributed by atoms with Crippen LogP contribution in [-0.4, -0.2) is 20.7 Å². The van der Waals surface area contributed by atoms with Crippen molar-refractivity contribution in [3.8, 4) is 11.8 Å². The first kappa shape index (κ1) is 17.2. The molecule has 134 valence electrons. The molecule has 1 N–H and O–H groups in total. The topological polar surface area (TPSA) is 92.8 Å². The van der Waals surface area contributed by atoms with Gasteiger partial charge in [0.1, 0.15) is 18.7 Å². The highest BCUT2D eigenvalue weighted by molar-refractivity contribution is 9.10. The van der Waals surface area contributed by atoms with Crippen LogP contribution in [0.1, 0.15) is 29.2 Å². The summed E-state index contributed by atoms with van der Waals surface area (Å²) < 4.78 is 8.59. The Morgan fingerprint density at radius 3 is 3.04 bits per heavy atom. The number of carbonyl (C=O) groups is 1. The molecule has 0 saturated heterocycles. The summed E-state index contributed by atoms with van der Waals surface area (Å²) in [6, 6.07) is 14.8. The lowest BCUT2D eigenvalue weighted by Gasteiger charge is -2.25. The van der Waals surface area contributed by atoms with E-state index in [0.717, 1.165) is 15.6 Å². The van der Waals surface area contributed by atoms with E-state index < -0.39 is 0 Å². The van der Waals surface area contributed by atoms with Gasteiger partial charge in [-0.2, -0.15) is 15.3 Å². The van der Waals surface area contributed by atoms with Gasteiger partial charge in [0.05, 0.1) is 24.1 Å². The third kappa shape index (κ3) is 3.41. The number of aromatic nitrogens is 3. The van der Waals surface area contributed by atoms with Gasteiger partial charge in [0, 0.05) is 15.6 Å². The Bertz CT molecular complexity index is 1060. The van der Waals surface area contributed by atoms with E-state index in [9.17, 15) is 10.1 Å². The first-order chi connectivity index (χ1) is 13.2. The molecule has 1 aromatic heterocycles. The highest BCUT2D eigenvalue weighted by Gasteiger charge is 2.30. The number of fused-ring (bicyclic) bond motifs is 1. The number of nitrogens with one attached hydrogen (secondary N) is 1. The predicted octanol–water partition coefficient (Wildman–Crippen LogP) is 3.42. The summed E-state index contributed by atoms with van der Waals surface area (Å²) in [5, 5.41) is 16.2. The van der Waals surface area contributed by atoms with Crippen molar-refractivity contribution in [3.63, 3.8) is 0 Å². The molecule has 7 nitrogen and oxygen atoms in total. The van der Waals surface area contributed by atoms with Crippen molar-refractivity contribution in [1.82, 2.24) is 14.8 Å². The number of hydrogen-bond donors (Lipinski definition) is 1. The fraction of sp³-hybridized carbons (Fsp3) is 0.158. The lowest BCUT2D eigenvalue weighted by atomic mass is 10.0. The maximum Gasteiger partial charge on any atom is 0.229 e. The van der Waals surface area contributed by atoms with Crippen molar-refractivity contribution in [3.05, 3.63) is 70.0 Å². The number of nitriles is 1. The molecule has 0 bridgehead atoms. The highest BCUT2D eigenvalue weighted by Crippen LogP contribution is 2.36. The number of amides is 1. The van der Waals surface area contributed by atoms with Crippen molar-refractivity contribution in [2.24, 2.45) is 0 Å². The van der Waals surface area contributed by atoms with Crippen molar-refractivity contribution in [2.75, 3.05) is 5.32 Å². The Hall–Kier alpha value is -3.18. The molecule has 0 spiro atoms. The van der Waals surface area contributed by atoms with E-state index in [4.69, 9.17) is 4.74 Å². The van der Waals surface area contributed by atoms with E-state index in [1.54, 1.807) is 10.7 Å². The Kier molecular flexibility index (Phi) is 4.60. The summed E-state index contributed by atoms with van der Waals surface area (Å²) in [6.07, 6.45) is 1.65. The quantitative estimate of drug-likeness (QED) is 0.693. The molecule has 1 aliphatic heterocycles. The number of benzene rings is 2. The lowest BCUT2D eigenvalue weighted by Crippen LogP contribution is -2.29. The summed E-state index contributed by atoms with van der Waals surface area (Å²) in [5.74, 6) is 0.922. The summed E-state index contributed by atoms with van der Waals surface area (Å²) in [6.45, 7) is 0.251. The number of hydrogen-bond acceptors (Lipinski definition) is 5. The van der Waals surface area contributed by atoms with Gasteiger partial charge in [0.15, 0.2) is 0 Å². The predicted molar refractivity (Wildman–Crippen MR) is 101 cm³/mol. The van der Waals surface area contributed by atoms with Crippen LogP contribution in [0.15, 0.2) is 53.3 Å². The molecular weight excluding hydrogens is 410 g/mol. The van der Waals surface area contributed by atoms with E-state index in [1.165, 1.54) is 6.33 Å². The van der Waals surface area contributed by atoms with Gasteiger partial charge in [-0.3, -0.25) is 10.1 Å². The molecule has 0 aliphatic carbocycles. The average Bonchev–Trinajstić information content (AvgIpc) is 3.15. The number of anilines is 1. The second-order valence-electron chi connectivity index (χ2n) is 6.04. The number of halogens is 1. The van der Waals surface area contributed by atoms with Crippen molar-refractivity contribution >= 4 is 27.8 Å². The standard InChI is InChI=1S/C19H14BrN5O2/c20-14-5-6-17(27-10-13-4-2-1-3-12(13)9-21)15(7-14)16-8-18(26)24-19-22-11-23-25(16)19/h1-7,11,16H,8,10H2,(H,22,23,24,26)/t16-/m1/s1. The molecule has 0 unspecified atom stereocenters. The molecule has 3 aromatic rings. The van der Waals surface area contributed by atoms with Gasteiger partial charge in [0.25, 0.3) is 0 Å². The number of ether oxygens (including phenoxy) is 1. The Morgan fingerprint density at radius 2 is 2.19 bits per heavy atom. The number of carbonyl (C=O) groups excluding carboxylic acids is 1. The molecule has 1 atom stereocenters. The van der Waals surface area contributed by atoms with E-state index in [1.807, 2.05) is 36.4 Å². The van der Waals surface area contributed by atoms with Gasteiger partial charge in [-0.25, -0.2) is 4.68 Å². The van der Waals surface area contributed by atoms with Crippen LogP contribution in [-0.2, 0) is 11.4 Å². The Morgan fingerprint density at radius 1 is 1.33 bits per heavy atom. The molecule has 27 heavy (non-hydrogen) atoms. The third-order valence-corrected chi connectivity index (χ3v) is 4.84. The van der Waals surface area contributed by atoms with Crippen molar-refractivity contribution in [2.45, 2.75) is 19.1 Å². The molecule has 0 fully saturated rings. The maximum atomic E-state index is 12.1. The summed E-state index contributed by atoms with van der Waals surface area (Å²) in [4.78, 5) is 16.2. The van der Waals surface area contributed by atoms with Crippen LogP contribution in [0.5, 0.6) is 5.75 Å². The van der Waals surface area contributed by atoms with Crippen LogP contribution in [0.25, 0.3) is 0 Å². The van der Waals surface area contributed by atoms with Gasteiger partial charge < -0.3 is 4.74 Å². The van der Waals surface area contributed by atoms with Gasteiger partial charge in [-0.05, 0) is 24.3 Å². The van der Waals surface area contributed by atoms with Gasteiger partial charge >= 0.3 is 0 Å². The van der Waals surface area contributed by atoms with Gasteiger partial charge in [-0.1, -0.05) is 34.1 Å². The van der Waals surface area contributed by atoms with Crippen LogP contribution < -0.4 is 10.1 Å². The van der Waals surface area contributed by atoms with Crippen molar-refractivity contribution < 1.29 is 9.53 Å². The van der Waals surface area contributed by atoms with Crippen LogP contribution in [0, 0.1) is 11.3 Å².